The molecule has 0 amide bonds. The molecule has 0 saturated heterocycles. The first-order valence-corrected chi connectivity index (χ1v) is 9.38. The Labute approximate surface area is 143 Å². The topological polar surface area (TPSA) is 94.2 Å². The highest BCUT2D eigenvalue weighted by molar-refractivity contribution is 7.89. The number of hydrogen-bond acceptors (Lipinski definition) is 5. The molecule has 0 spiro atoms. The summed E-state index contributed by atoms with van der Waals surface area (Å²) in [7, 11) is -3.87. The van der Waals surface area contributed by atoms with Crippen LogP contribution in [0.1, 0.15) is 30.5 Å². The van der Waals surface area contributed by atoms with E-state index in [1.54, 1.807) is 36.0 Å². The second-order valence-corrected chi connectivity index (χ2v) is 7.68. The number of nitrogens with zero attached hydrogens (tertiary/aromatic N) is 5. The molecule has 8 nitrogen and oxygen atoms in total. The van der Waals surface area contributed by atoms with Gasteiger partial charge < -0.3 is 0 Å². The number of imidazole rings is 1. The van der Waals surface area contributed by atoms with Gasteiger partial charge >= 0.3 is 0 Å². The minimum Gasteiger partial charge on any atom is -0.288 e. The van der Waals surface area contributed by atoms with Crippen molar-refractivity contribution in [2.75, 3.05) is 0 Å². The third-order valence-corrected chi connectivity index (χ3v) is 5.85. The maximum Gasteiger partial charge on any atom is 0.260 e. The van der Waals surface area contributed by atoms with E-state index in [1.807, 2.05) is 0 Å². The van der Waals surface area contributed by atoms with Gasteiger partial charge in [0.15, 0.2) is 10.2 Å². The average Bonchev–Trinajstić information content (AvgIpc) is 3.06. The van der Waals surface area contributed by atoms with Crippen LogP contribution in [-0.2, 0) is 16.6 Å². The van der Waals surface area contributed by atoms with Crippen molar-refractivity contribution in [3.8, 4) is 0 Å². The van der Waals surface area contributed by atoms with Crippen LogP contribution in [0, 0.1) is 6.92 Å². The predicted molar refractivity (Wildman–Crippen MR) is 87.3 cm³/mol. The summed E-state index contributed by atoms with van der Waals surface area (Å²) in [5.74, 6) is 1.26. The molecule has 0 aliphatic carbocycles. The third-order valence-electron chi connectivity index (χ3n) is 3.98. The number of nitrogens with one attached hydrogen (secondary N) is 1. The molecule has 0 saturated carbocycles. The molecule has 4 heterocycles. The van der Waals surface area contributed by atoms with Gasteiger partial charge in [-0.3, -0.25) is 4.40 Å². The molecule has 1 atom stereocenters. The van der Waals surface area contributed by atoms with E-state index in [-0.39, 0.29) is 10.2 Å². The highest BCUT2D eigenvalue weighted by atomic mass is 35.5. The smallest absolute Gasteiger partial charge is 0.260 e. The van der Waals surface area contributed by atoms with Crippen molar-refractivity contribution in [2.24, 2.45) is 0 Å². The lowest BCUT2D eigenvalue weighted by Crippen LogP contribution is -2.34. The normalized spacial score (nSPS) is 18.0. The zero-order valence-corrected chi connectivity index (χ0v) is 14.4. The standard InChI is InChI=1S/C14H15ClN6O2S/c1-9-16-13-10(5-4-8-21(13)18-9)19-24(22,23)14-12(15)17-11-6-2-3-7-20(11)14/h2-3,6-7,10,19H,4-5,8H2,1H3/t10-/m1/s1. The predicted octanol–water partition coefficient (Wildman–Crippen LogP) is 1.70. The number of halogens is 1. The van der Waals surface area contributed by atoms with Crippen LogP contribution in [-0.4, -0.2) is 32.6 Å². The molecular formula is C14H15ClN6O2S. The van der Waals surface area contributed by atoms with Gasteiger partial charge in [-0.15, -0.1) is 0 Å². The molecule has 0 bridgehead atoms. The van der Waals surface area contributed by atoms with Crippen LogP contribution >= 0.6 is 11.6 Å². The molecule has 24 heavy (non-hydrogen) atoms. The van der Waals surface area contributed by atoms with Gasteiger partial charge in [0.25, 0.3) is 10.0 Å². The number of hydrogen-bond donors (Lipinski definition) is 1. The van der Waals surface area contributed by atoms with Crippen molar-refractivity contribution in [2.45, 2.75) is 37.4 Å². The second-order valence-electron chi connectivity index (χ2n) is 5.69. The highest BCUT2D eigenvalue weighted by Gasteiger charge is 2.31. The molecule has 126 valence electrons. The van der Waals surface area contributed by atoms with Gasteiger partial charge in [-0.25, -0.2) is 23.1 Å². The molecule has 0 fully saturated rings. The first-order chi connectivity index (χ1) is 11.5. The Kier molecular flexibility index (Phi) is 3.59. The lowest BCUT2D eigenvalue weighted by atomic mass is 10.1. The molecular weight excluding hydrogens is 352 g/mol. The third kappa shape index (κ3) is 2.48. The summed E-state index contributed by atoms with van der Waals surface area (Å²) in [4.78, 5) is 8.45. The molecule has 1 aliphatic heterocycles. The van der Waals surface area contributed by atoms with Crippen LogP contribution in [0.4, 0.5) is 0 Å². The van der Waals surface area contributed by atoms with E-state index in [9.17, 15) is 8.42 Å². The number of pyridine rings is 1. The van der Waals surface area contributed by atoms with Gasteiger partial charge in [-0.2, -0.15) is 9.82 Å². The Hall–Kier alpha value is -1.97. The van der Waals surface area contributed by atoms with Crippen LogP contribution < -0.4 is 4.72 Å². The van der Waals surface area contributed by atoms with Crippen molar-refractivity contribution in [1.82, 2.24) is 28.9 Å². The Bertz CT molecular complexity index is 1030. The molecule has 4 rings (SSSR count). The Morgan fingerprint density at radius 3 is 3.00 bits per heavy atom. The number of sulfonamides is 1. The zero-order valence-electron chi connectivity index (χ0n) is 12.8. The Morgan fingerprint density at radius 2 is 2.17 bits per heavy atom. The molecule has 10 heteroatoms. The number of fused-ring (bicyclic) bond motifs is 2. The van der Waals surface area contributed by atoms with Crippen molar-refractivity contribution in [1.29, 1.82) is 0 Å². The van der Waals surface area contributed by atoms with Crippen LogP contribution in [0.3, 0.4) is 0 Å². The fourth-order valence-electron chi connectivity index (χ4n) is 3.01. The summed E-state index contributed by atoms with van der Waals surface area (Å²) in [6, 6.07) is 4.76. The van der Waals surface area contributed by atoms with Gasteiger partial charge in [0.1, 0.15) is 17.3 Å². The van der Waals surface area contributed by atoms with Crippen molar-refractivity contribution >= 4 is 27.3 Å². The zero-order chi connectivity index (χ0) is 16.9. The van der Waals surface area contributed by atoms with E-state index in [0.29, 0.717) is 23.7 Å². The summed E-state index contributed by atoms with van der Waals surface area (Å²) in [6.45, 7) is 2.53. The molecule has 1 N–H and O–H groups in total. The van der Waals surface area contributed by atoms with E-state index >= 15 is 0 Å². The van der Waals surface area contributed by atoms with Crippen molar-refractivity contribution < 1.29 is 8.42 Å². The fraction of sp³-hybridized carbons (Fsp3) is 0.357. The molecule has 0 radical (unpaired) electrons. The monoisotopic (exact) mass is 366 g/mol. The van der Waals surface area contributed by atoms with Crippen molar-refractivity contribution in [3.05, 3.63) is 41.2 Å². The number of rotatable bonds is 3. The van der Waals surface area contributed by atoms with E-state index in [2.05, 4.69) is 19.8 Å². The van der Waals surface area contributed by atoms with Crippen molar-refractivity contribution in [3.63, 3.8) is 0 Å². The summed E-state index contributed by atoms with van der Waals surface area (Å²) in [6.07, 6.45) is 3.10. The summed E-state index contributed by atoms with van der Waals surface area (Å²) >= 11 is 6.09. The fourth-order valence-corrected chi connectivity index (χ4v) is 4.88. The number of aryl methyl sites for hydroxylation is 2. The first-order valence-electron chi connectivity index (χ1n) is 7.52. The van der Waals surface area contributed by atoms with Gasteiger partial charge in [0, 0.05) is 12.7 Å². The molecule has 3 aromatic heterocycles. The average molecular weight is 367 g/mol. The number of aromatic nitrogens is 5. The first kappa shape index (κ1) is 15.6. The van der Waals surface area contributed by atoms with Gasteiger partial charge in [0.2, 0.25) is 0 Å². The van der Waals surface area contributed by atoms with Gasteiger partial charge in [-0.1, -0.05) is 17.7 Å². The highest BCUT2D eigenvalue weighted by Crippen LogP contribution is 2.28. The Balaban J connectivity index is 1.75. The van der Waals surface area contributed by atoms with E-state index in [4.69, 9.17) is 11.6 Å². The van der Waals surface area contributed by atoms with Crippen LogP contribution in [0.15, 0.2) is 29.4 Å². The Morgan fingerprint density at radius 1 is 1.33 bits per heavy atom. The van der Waals surface area contributed by atoms with Gasteiger partial charge in [-0.05, 0) is 31.9 Å². The maximum atomic E-state index is 12.9. The SMILES string of the molecule is Cc1nc2n(n1)CCC[C@H]2NS(=O)(=O)c1c(Cl)nc2ccccn12. The molecule has 1 aliphatic rings. The van der Waals surface area contributed by atoms with E-state index in [1.165, 1.54) is 4.40 Å². The van der Waals surface area contributed by atoms with Gasteiger partial charge in [0.05, 0.1) is 6.04 Å². The van der Waals surface area contributed by atoms with Crippen LogP contribution in [0.2, 0.25) is 5.15 Å². The van der Waals surface area contributed by atoms with E-state index < -0.39 is 16.1 Å². The molecule has 0 unspecified atom stereocenters. The second kappa shape index (κ2) is 5.54. The molecule has 3 aromatic rings. The largest absolute Gasteiger partial charge is 0.288 e. The summed E-state index contributed by atoms with van der Waals surface area (Å²) in [5.41, 5.74) is 0.477. The van der Waals surface area contributed by atoms with Crippen LogP contribution in [0.5, 0.6) is 0 Å². The van der Waals surface area contributed by atoms with E-state index in [0.717, 1.165) is 13.0 Å². The lowest BCUT2D eigenvalue weighted by molar-refractivity contribution is 0.399. The minimum absolute atomic E-state index is 0.0536. The summed E-state index contributed by atoms with van der Waals surface area (Å²) in [5, 5.41) is 4.17. The van der Waals surface area contributed by atoms with Crippen LogP contribution in [0.25, 0.3) is 5.65 Å². The maximum absolute atomic E-state index is 12.9. The minimum atomic E-state index is -3.87. The molecule has 0 aromatic carbocycles. The quantitative estimate of drug-likeness (QED) is 0.761. The lowest BCUT2D eigenvalue weighted by Gasteiger charge is -2.22. The summed E-state index contributed by atoms with van der Waals surface area (Å²) < 4.78 is 31.7.